The summed E-state index contributed by atoms with van der Waals surface area (Å²) >= 11 is 0. The van der Waals surface area contributed by atoms with E-state index in [1.165, 1.54) is 109 Å². The highest BCUT2D eigenvalue weighted by Crippen LogP contribution is 2.42. The standard InChI is InChI=1S/C41H59N5O/c1-30-28-31(2)46-41(45(30)37-18-14-10-5-3-4-6-11-15-19-37)38(39(44-46)35-16-12-8-7-9-13-17-35)40(47)43-36-26-24-34(25-27-36)33-22-20-32(29-42)21-23-33/h20-27,30-31,35,37-39,41,44H,3-19,28H2,1-2H3,(H,43,47). The normalized spacial score (nSPS) is 29.5. The van der Waals surface area contributed by atoms with E-state index in [1.54, 1.807) is 0 Å². The Morgan fingerprint density at radius 3 is 1.79 bits per heavy atom. The number of hydrogen-bond acceptors (Lipinski definition) is 5. The average molecular weight is 638 g/mol. The maximum atomic E-state index is 14.8. The van der Waals surface area contributed by atoms with E-state index in [2.05, 4.69) is 52.7 Å². The number of benzene rings is 2. The van der Waals surface area contributed by atoms with E-state index in [-0.39, 0.29) is 24.0 Å². The second-order valence-electron chi connectivity index (χ2n) is 15.3. The molecule has 2 heterocycles. The van der Waals surface area contributed by atoms with E-state index in [4.69, 9.17) is 0 Å². The first kappa shape index (κ1) is 34.2. The summed E-state index contributed by atoms with van der Waals surface area (Å²) in [7, 11) is 0. The summed E-state index contributed by atoms with van der Waals surface area (Å²) in [4.78, 5) is 17.6. The molecule has 4 fully saturated rings. The fraction of sp³-hybridized carbons (Fsp3) is 0.659. The summed E-state index contributed by atoms with van der Waals surface area (Å²) in [6.07, 6.45) is 23.5. The second-order valence-corrected chi connectivity index (χ2v) is 15.3. The summed E-state index contributed by atoms with van der Waals surface area (Å²) in [5.41, 5.74) is 7.76. The van der Waals surface area contributed by atoms with Gasteiger partial charge in [0.1, 0.15) is 0 Å². The third-order valence-electron chi connectivity index (χ3n) is 12.0. The second kappa shape index (κ2) is 16.6. The molecule has 254 valence electrons. The molecule has 0 radical (unpaired) electrons. The summed E-state index contributed by atoms with van der Waals surface area (Å²) < 4.78 is 0. The Bertz CT molecular complexity index is 1300. The molecule has 5 unspecified atom stereocenters. The number of fused-ring (bicyclic) bond motifs is 1. The summed E-state index contributed by atoms with van der Waals surface area (Å²) in [6.45, 7) is 4.82. The van der Waals surface area contributed by atoms with Gasteiger partial charge in [-0.15, -0.1) is 0 Å². The number of hydrazine groups is 1. The molecule has 2 saturated carbocycles. The third kappa shape index (κ3) is 8.30. The molecule has 0 aromatic heterocycles. The lowest BCUT2D eigenvalue weighted by molar-refractivity contribution is -0.131. The summed E-state index contributed by atoms with van der Waals surface area (Å²) in [6, 6.07) is 19.7. The van der Waals surface area contributed by atoms with Crippen LogP contribution in [0.3, 0.4) is 0 Å². The average Bonchev–Trinajstić information content (AvgIpc) is 3.43. The highest BCUT2D eigenvalue weighted by molar-refractivity contribution is 5.94. The van der Waals surface area contributed by atoms with Crippen LogP contribution < -0.4 is 10.7 Å². The van der Waals surface area contributed by atoms with Crippen LogP contribution in [0.25, 0.3) is 11.1 Å². The van der Waals surface area contributed by atoms with E-state index in [9.17, 15) is 10.1 Å². The fourth-order valence-corrected chi connectivity index (χ4v) is 9.49. The Labute approximate surface area is 284 Å². The van der Waals surface area contributed by atoms with Crippen LogP contribution >= 0.6 is 0 Å². The molecule has 0 spiro atoms. The molecule has 6 nitrogen and oxygen atoms in total. The number of nitrogens with one attached hydrogen (secondary N) is 2. The first-order chi connectivity index (χ1) is 23.0. The minimum Gasteiger partial charge on any atom is -0.326 e. The van der Waals surface area contributed by atoms with Crippen LogP contribution in [-0.2, 0) is 4.79 Å². The van der Waals surface area contributed by atoms with Crippen LogP contribution in [0.15, 0.2) is 48.5 Å². The van der Waals surface area contributed by atoms with Crippen molar-refractivity contribution in [3.05, 3.63) is 54.1 Å². The predicted octanol–water partition coefficient (Wildman–Crippen LogP) is 9.42. The van der Waals surface area contributed by atoms with Crippen molar-refractivity contribution in [1.29, 1.82) is 5.26 Å². The minimum absolute atomic E-state index is 0.0808. The van der Waals surface area contributed by atoms with E-state index < -0.39 is 0 Å². The number of anilines is 1. The highest BCUT2D eigenvalue weighted by atomic mass is 16.2. The van der Waals surface area contributed by atoms with Gasteiger partial charge in [0.05, 0.1) is 23.7 Å². The Kier molecular flexibility index (Phi) is 12.1. The van der Waals surface area contributed by atoms with Crippen LogP contribution in [0.4, 0.5) is 5.69 Å². The maximum absolute atomic E-state index is 14.8. The molecule has 0 bridgehead atoms. The van der Waals surface area contributed by atoms with E-state index in [0.717, 1.165) is 23.2 Å². The van der Waals surface area contributed by atoms with Gasteiger partial charge >= 0.3 is 0 Å². The van der Waals surface area contributed by atoms with Crippen molar-refractivity contribution < 1.29 is 4.79 Å². The van der Waals surface area contributed by atoms with Crippen molar-refractivity contribution >= 4 is 11.6 Å². The van der Waals surface area contributed by atoms with Gasteiger partial charge in [-0.25, -0.2) is 10.4 Å². The van der Waals surface area contributed by atoms with Crippen LogP contribution in [0.1, 0.15) is 135 Å². The molecule has 6 rings (SSSR count). The van der Waals surface area contributed by atoms with Crippen molar-refractivity contribution in [1.82, 2.24) is 15.3 Å². The Hall–Kier alpha value is -2.72. The van der Waals surface area contributed by atoms with Crippen LogP contribution in [0, 0.1) is 23.2 Å². The molecular formula is C41H59N5O. The molecule has 4 aliphatic rings. The number of nitrogens with zero attached hydrogens (tertiary/aromatic N) is 3. The molecular weight excluding hydrogens is 578 g/mol. The third-order valence-corrected chi connectivity index (χ3v) is 12.0. The van der Waals surface area contributed by atoms with Gasteiger partial charge in [-0.2, -0.15) is 5.26 Å². The molecule has 2 saturated heterocycles. The number of rotatable bonds is 5. The van der Waals surface area contributed by atoms with Crippen molar-refractivity contribution in [2.24, 2.45) is 11.8 Å². The van der Waals surface area contributed by atoms with Gasteiger partial charge in [0.2, 0.25) is 5.91 Å². The quantitative estimate of drug-likeness (QED) is 0.342. The van der Waals surface area contributed by atoms with Gasteiger partial charge in [0.25, 0.3) is 0 Å². The summed E-state index contributed by atoms with van der Waals surface area (Å²) in [5, 5.41) is 15.2. The van der Waals surface area contributed by atoms with Crippen molar-refractivity contribution in [2.45, 2.75) is 160 Å². The monoisotopic (exact) mass is 637 g/mol. The topological polar surface area (TPSA) is 71.4 Å². The van der Waals surface area contributed by atoms with Crippen LogP contribution in [0.5, 0.6) is 0 Å². The predicted molar refractivity (Wildman–Crippen MR) is 192 cm³/mol. The summed E-state index contributed by atoms with van der Waals surface area (Å²) in [5.74, 6) is 0.569. The zero-order valence-corrected chi connectivity index (χ0v) is 29.1. The SMILES string of the molecule is CC1CC(C)N(C2CCCCCCCCCC2)C2C(C(=O)Nc3ccc(-c4ccc(C#N)cc4)cc3)C(C3CCCCCCC3)NN12. The van der Waals surface area contributed by atoms with E-state index in [0.29, 0.717) is 29.6 Å². The molecule has 2 aliphatic carbocycles. The Morgan fingerprint density at radius 2 is 1.23 bits per heavy atom. The smallest absolute Gasteiger partial charge is 0.232 e. The van der Waals surface area contributed by atoms with Crippen LogP contribution in [-0.4, -0.2) is 46.1 Å². The molecule has 5 atom stereocenters. The van der Waals surface area contributed by atoms with Crippen molar-refractivity contribution in [3.8, 4) is 17.2 Å². The van der Waals surface area contributed by atoms with Gasteiger partial charge in [-0.3, -0.25) is 9.69 Å². The van der Waals surface area contributed by atoms with Gasteiger partial charge in [0.15, 0.2) is 0 Å². The Morgan fingerprint density at radius 1 is 0.723 bits per heavy atom. The first-order valence-corrected chi connectivity index (χ1v) is 19.3. The van der Waals surface area contributed by atoms with Gasteiger partial charge < -0.3 is 5.32 Å². The number of amides is 1. The molecule has 6 heteroatoms. The van der Waals surface area contributed by atoms with Gasteiger partial charge in [-0.1, -0.05) is 108 Å². The zero-order chi connectivity index (χ0) is 32.6. The Balaban J connectivity index is 1.28. The number of carbonyl (C=O) groups is 1. The largest absolute Gasteiger partial charge is 0.326 e. The first-order valence-electron chi connectivity index (χ1n) is 19.3. The van der Waals surface area contributed by atoms with Gasteiger partial charge in [-0.05, 0) is 87.3 Å². The number of nitriles is 1. The lowest BCUT2D eigenvalue weighted by atomic mass is 9.78. The highest BCUT2D eigenvalue weighted by Gasteiger charge is 2.56. The van der Waals surface area contributed by atoms with E-state index >= 15 is 0 Å². The van der Waals surface area contributed by atoms with Crippen molar-refractivity contribution in [3.63, 3.8) is 0 Å². The molecule has 2 N–H and O–H groups in total. The minimum atomic E-state index is -0.124. The maximum Gasteiger partial charge on any atom is 0.232 e. The zero-order valence-electron chi connectivity index (χ0n) is 29.1. The molecule has 2 aromatic rings. The lowest BCUT2D eigenvalue weighted by Crippen LogP contribution is -2.65. The number of hydrogen-bond donors (Lipinski definition) is 2. The van der Waals surface area contributed by atoms with Crippen LogP contribution in [0.2, 0.25) is 0 Å². The molecule has 2 aliphatic heterocycles. The van der Waals surface area contributed by atoms with E-state index in [1.807, 2.05) is 36.4 Å². The molecule has 2 aromatic carbocycles. The van der Waals surface area contributed by atoms with Crippen molar-refractivity contribution in [2.75, 3.05) is 5.32 Å². The number of carbonyl (C=O) groups excluding carboxylic acids is 1. The van der Waals surface area contributed by atoms with Gasteiger partial charge in [0, 0.05) is 29.9 Å². The fourth-order valence-electron chi connectivity index (χ4n) is 9.49. The molecule has 1 amide bonds. The lowest BCUT2D eigenvalue weighted by Gasteiger charge is -2.51. The molecule has 47 heavy (non-hydrogen) atoms.